The highest BCUT2D eigenvalue weighted by atomic mass is 127. The molecule has 6 nitrogen and oxygen atoms in total. The first kappa shape index (κ1) is 23.6. The summed E-state index contributed by atoms with van der Waals surface area (Å²) in [6.07, 6.45) is 1.78. The van der Waals surface area contributed by atoms with Crippen molar-refractivity contribution in [1.82, 2.24) is 15.5 Å². The third kappa shape index (κ3) is 9.64. The van der Waals surface area contributed by atoms with Gasteiger partial charge in [0.15, 0.2) is 5.96 Å². The van der Waals surface area contributed by atoms with Crippen molar-refractivity contribution >= 4 is 35.8 Å². The molecule has 0 bridgehead atoms. The first-order chi connectivity index (χ1) is 11.6. The van der Waals surface area contributed by atoms with Gasteiger partial charge in [0.05, 0.1) is 0 Å². The van der Waals surface area contributed by atoms with Gasteiger partial charge < -0.3 is 20.3 Å². The van der Waals surface area contributed by atoms with Crippen LogP contribution in [0.1, 0.15) is 29.3 Å². The van der Waals surface area contributed by atoms with E-state index in [1.807, 2.05) is 31.2 Å². The molecule has 25 heavy (non-hydrogen) atoms. The third-order valence-electron chi connectivity index (χ3n) is 3.47. The Labute approximate surface area is 168 Å². The van der Waals surface area contributed by atoms with Crippen molar-refractivity contribution < 1.29 is 9.53 Å². The fraction of sp³-hybridized carbons (Fsp3) is 0.556. The van der Waals surface area contributed by atoms with Crippen molar-refractivity contribution in [3.05, 3.63) is 35.4 Å². The molecular weight excluding hydrogens is 431 g/mol. The quantitative estimate of drug-likeness (QED) is 0.256. The lowest BCUT2D eigenvalue weighted by Crippen LogP contribution is -2.39. The van der Waals surface area contributed by atoms with E-state index in [1.165, 1.54) is 0 Å². The number of amides is 1. The molecule has 0 unspecified atom stereocenters. The largest absolute Gasteiger partial charge is 0.382 e. The van der Waals surface area contributed by atoms with Crippen LogP contribution in [0.4, 0.5) is 0 Å². The van der Waals surface area contributed by atoms with Crippen LogP contribution in [0.25, 0.3) is 0 Å². The molecule has 1 amide bonds. The molecule has 0 aliphatic heterocycles. The van der Waals surface area contributed by atoms with Gasteiger partial charge in [0.1, 0.15) is 0 Å². The number of nitrogens with one attached hydrogen (secondary N) is 2. The van der Waals surface area contributed by atoms with Crippen molar-refractivity contribution in [2.24, 2.45) is 4.99 Å². The van der Waals surface area contributed by atoms with E-state index in [2.05, 4.69) is 15.6 Å². The van der Waals surface area contributed by atoms with Gasteiger partial charge in [-0.2, -0.15) is 0 Å². The van der Waals surface area contributed by atoms with Gasteiger partial charge >= 0.3 is 0 Å². The van der Waals surface area contributed by atoms with Crippen molar-refractivity contribution in [3.63, 3.8) is 0 Å². The summed E-state index contributed by atoms with van der Waals surface area (Å²) in [6, 6.07) is 7.75. The molecule has 0 heterocycles. The molecule has 0 saturated carbocycles. The molecule has 7 heteroatoms. The highest BCUT2D eigenvalue weighted by molar-refractivity contribution is 14.0. The van der Waals surface area contributed by atoms with Gasteiger partial charge in [0.25, 0.3) is 5.91 Å². The number of benzene rings is 1. The Bertz CT molecular complexity index is 536. The fourth-order valence-corrected chi connectivity index (χ4v) is 2.19. The predicted molar refractivity (Wildman–Crippen MR) is 114 cm³/mol. The molecule has 1 aromatic rings. The normalized spacial score (nSPS) is 10.8. The van der Waals surface area contributed by atoms with Crippen LogP contribution in [0, 0.1) is 0 Å². The van der Waals surface area contributed by atoms with Crippen LogP contribution in [0.5, 0.6) is 0 Å². The number of nitrogens with zero attached hydrogens (tertiary/aromatic N) is 2. The maximum Gasteiger partial charge on any atom is 0.253 e. The monoisotopic (exact) mass is 462 g/mol. The zero-order valence-electron chi connectivity index (χ0n) is 15.7. The molecule has 0 aliphatic rings. The number of ether oxygens (including phenoxy) is 1. The van der Waals surface area contributed by atoms with Crippen molar-refractivity contribution in [2.75, 3.05) is 47.4 Å². The molecule has 0 aliphatic carbocycles. The van der Waals surface area contributed by atoms with Crippen LogP contribution in [-0.2, 0) is 11.2 Å². The lowest BCUT2D eigenvalue weighted by atomic mass is 10.1. The van der Waals surface area contributed by atoms with Gasteiger partial charge in [-0.1, -0.05) is 12.1 Å². The minimum Gasteiger partial charge on any atom is -0.382 e. The Morgan fingerprint density at radius 3 is 2.60 bits per heavy atom. The Balaban J connectivity index is 0.00000576. The fourth-order valence-electron chi connectivity index (χ4n) is 2.19. The van der Waals surface area contributed by atoms with E-state index in [0.29, 0.717) is 0 Å². The second kappa shape index (κ2) is 13.9. The molecule has 0 fully saturated rings. The smallest absolute Gasteiger partial charge is 0.253 e. The molecule has 0 saturated heterocycles. The molecule has 2 N–H and O–H groups in total. The number of guanidine groups is 1. The molecule has 142 valence electrons. The first-order valence-electron chi connectivity index (χ1n) is 8.41. The zero-order valence-corrected chi connectivity index (χ0v) is 18.0. The highest BCUT2D eigenvalue weighted by Gasteiger charge is 2.08. The average Bonchev–Trinajstić information content (AvgIpc) is 2.59. The molecular formula is C18H31IN4O2. The van der Waals surface area contributed by atoms with Crippen LogP contribution in [0.3, 0.4) is 0 Å². The highest BCUT2D eigenvalue weighted by Crippen LogP contribution is 2.07. The van der Waals surface area contributed by atoms with Crippen molar-refractivity contribution in [2.45, 2.75) is 19.8 Å². The lowest BCUT2D eigenvalue weighted by Gasteiger charge is -2.13. The van der Waals surface area contributed by atoms with Gasteiger partial charge in [-0.3, -0.25) is 9.79 Å². The number of carbonyl (C=O) groups excluding carboxylic acids is 1. The molecule has 0 aromatic heterocycles. The number of halogens is 1. The Kier molecular flexibility index (Phi) is 13.1. The molecule has 0 atom stereocenters. The van der Waals surface area contributed by atoms with E-state index >= 15 is 0 Å². The van der Waals surface area contributed by atoms with Crippen LogP contribution in [-0.4, -0.2) is 64.2 Å². The van der Waals surface area contributed by atoms with Gasteiger partial charge in [-0.15, -0.1) is 24.0 Å². The third-order valence-corrected chi connectivity index (χ3v) is 3.47. The second-order valence-corrected chi connectivity index (χ2v) is 5.63. The van der Waals surface area contributed by atoms with Crippen LogP contribution in [0.15, 0.2) is 29.3 Å². The van der Waals surface area contributed by atoms with Gasteiger partial charge in [0.2, 0.25) is 0 Å². The molecule has 1 rings (SSSR count). The van der Waals surface area contributed by atoms with E-state index < -0.39 is 0 Å². The summed E-state index contributed by atoms with van der Waals surface area (Å²) in [5, 5.41) is 6.54. The maximum absolute atomic E-state index is 12.0. The summed E-state index contributed by atoms with van der Waals surface area (Å²) in [7, 11) is 5.28. The number of hydrogen-bond acceptors (Lipinski definition) is 3. The standard InChI is InChI=1S/C18H30N4O2.HI/c1-5-24-13-7-11-20-18(19-2)21-12-10-15-8-6-9-16(14-15)17(23)22(3)4;/h6,8-9,14H,5,7,10-13H2,1-4H3,(H2,19,20,21);1H. The van der Waals surface area contributed by atoms with E-state index in [-0.39, 0.29) is 29.9 Å². The minimum atomic E-state index is 0. The summed E-state index contributed by atoms with van der Waals surface area (Å²) >= 11 is 0. The van der Waals surface area contributed by atoms with E-state index in [1.54, 1.807) is 26.0 Å². The summed E-state index contributed by atoms with van der Waals surface area (Å²) in [5.41, 5.74) is 1.85. The maximum atomic E-state index is 12.0. The van der Waals surface area contributed by atoms with Crippen LogP contribution < -0.4 is 10.6 Å². The average molecular weight is 462 g/mol. The van der Waals surface area contributed by atoms with Gasteiger partial charge in [-0.05, 0) is 37.5 Å². The zero-order chi connectivity index (χ0) is 17.8. The van der Waals surface area contributed by atoms with Gasteiger partial charge in [-0.25, -0.2) is 0 Å². The Morgan fingerprint density at radius 2 is 1.96 bits per heavy atom. The lowest BCUT2D eigenvalue weighted by molar-refractivity contribution is 0.0827. The Hall–Kier alpha value is -1.35. The second-order valence-electron chi connectivity index (χ2n) is 5.63. The van der Waals surface area contributed by atoms with E-state index in [4.69, 9.17) is 4.74 Å². The molecule has 1 aromatic carbocycles. The Morgan fingerprint density at radius 1 is 1.24 bits per heavy atom. The van der Waals surface area contributed by atoms with Gasteiger partial charge in [0, 0.05) is 53.0 Å². The van der Waals surface area contributed by atoms with Crippen LogP contribution >= 0.6 is 24.0 Å². The molecule has 0 spiro atoms. The number of aliphatic imine (C=N–C) groups is 1. The summed E-state index contributed by atoms with van der Waals surface area (Å²) in [6.45, 7) is 5.09. The summed E-state index contributed by atoms with van der Waals surface area (Å²) in [4.78, 5) is 17.8. The minimum absolute atomic E-state index is 0. The number of carbonyl (C=O) groups is 1. The summed E-state index contributed by atoms with van der Waals surface area (Å²) in [5.74, 6) is 0.809. The van der Waals surface area contributed by atoms with E-state index in [0.717, 1.165) is 56.2 Å². The van der Waals surface area contributed by atoms with Crippen molar-refractivity contribution in [1.29, 1.82) is 0 Å². The van der Waals surface area contributed by atoms with Crippen molar-refractivity contribution in [3.8, 4) is 0 Å². The number of rotatable bonds is 9. The summed E-state index contributed by atoms with van der Waals surface area (Å²) < 4.78 is 5.30. The number of hydrogen-bond donors (Lipinski definition) is 2. The first-order valence-corrected chi connectivity index (χ1v) is 8.41. The van der Waals surface area contributed by atoms with Crippen LogP contribution in [0.2, 0.25) is 0 Å². The SMILES string of the molecule is CCOCCCNC(=NC)NCCc1cccc(C(=O)N(C)C)c1.I. The predicted octanol–water partition coefficient (Wildman–Crippen LogP) is 2.14. The molecule has 0 radical (unpaired) electrons. The van der Waals surface area contributed by atoms with E-state index in [9.17, 15) is 4.79 Å². The topological polar surface area (TPSA) is 66.0 Å².